The van der Waals surface area contributed by atoms with Gasteiger partial charge in [0.15, 0.2) is 0 Å². The van der Waals surface area contributed by atoms with E-state index in [0.717, 1.165) is 18.2 Å². The summed E-state index contributed by atoms with van der Waals surface area (Å²) in [6, 6.07) is 7.25. The van der Waals surface area contributed by atoms with Crippen LogP contribution in [0.25, 0.3) is 11.3 Å². The van der Waals surface area contributed by atoms with Crippen LogP contribution in [0.15, 0.2) is 30.7 Å². The highest BCUT2D eigenvalue weighted by Crippen LogP contribution is 2.40. The van der Waals surface area contributed by atoms with E-state index in [2.05, 4.69) is 39.3 Å². The van der Waals surface area contributed by atoms with E-state index in [0.29, 0.717) is 6.04 Å². The number of anilines is 1. The van der Waals surface area contributed by atoms with Crippen LogP contribution < -0.4 is 5.32 Å². The van der Waals surface area contributed by atoms with E-state index in [-0.39, 0.29) is 0 Å². The van der Waals surface area contributed by atoms with Gasteiger partial charge in [-0.1, -0.05) is 18.2 Å². The van der Waals surface area contributed by atoms with Crippen molar-refractivity contribution in [3.8, 4) is 11.3 Å². The molecule has 2 aromatic rings. The van der Waals surface area contributed by atoms with Gasteiger partial charge in [0.05, 0.1) is 18.2 Å². The Bertz CT molecular complexity index is 649. The molecular formula is C17H21N3S. The molecule has 0 bridgehead atoms. The van der Waals surface area contributed by atoms with E-state index in [1.54, 1.807) is 0 Å². The Labute approximate surface area is 130 Å². The number of benzene rings is 1. The highest BCUT2D eigenvalue weighted by molar-refractivity contribution is 7.99. The lowest BCUT2D eigenvalue weighted by atomic mass is 10.0. The Balaban J connectivity index is 1.72. The molecule has 0 radical (unpaired) electrons. The van der Waals surface area contributed by atoms with Crippen molar-refractivity contribution >= 4 is 17.4 Å². The van der Waals surface area contributed by atoms with Crippen molar-refractivity contribution in [1.29, 1.82) is 0 Å². The minimum absolute atomic E-state index is 0.609. The first-order chi connectivity index (χ1) is 10.4. The highest BCUT2D eigenvalue weighted by atomic mass is 32.2. The van der Waals surface area contributed by atoms with Gasteiger partial charge in [0.25, 0.3) is 0 Å². The van der Waals surface area contributed by atoms with Crippen LogP contribution >= 0.6 is 11.8 Å². The van der Waals surface area contributed by atoms with Gasteiger partial charge in [-0.3, -0.25) is 0 Å². The summed E-state index contributed by atoms with van der Waals surface area (Å²) in [5.41, 5.74) is 5.34. The molecule has 110 valence electrons. The SMILES string of the molecule is CSC1CCC(n2cncc2-c2cccc3c2NCC3)C1. The van der Waals surface area contributed by atoms with E-state index in [9.17, 15) is 0 Å². The lowest BCUT2D eigenvalue weighted by molar-refractivity contribution is 0.524. The third kappa shape index (κ3) is 2.26. The number of rotatable bonds is 3. The van der Waals surface area contributed by atoms with E-state index in [1.807, 2.05) is 24.3 Å². The minimum atomic E-state index is 0.609. The first kappa shape index (κ1) is 13.3. The topological polar surface area (TPSA) is 29.9 Å². The molecule has 1 N–H and O–H groups in total. The van der Waals surface area contributed by atoms with Crippen LogP contribution in [0, 0.1) is 0 Å². The maximum Gasteiger partial charge on any atom is 0.0953 e. The average molecular weight is 299 g/mol. The molecule has 1 aliphatic heterocycles. The van der Waals surface area contributed by atoms with Crippen LogP contribution in [0.1, 0.15) is 30.9 Å². The minimum Gasteiger partial charge on any atom is -0.384 e. The summed E-state index contributed by atoms with van der Waals surface area (Å²) in [5, 5.41) is 4.36. The van der Waals surface area contributed by atoms with Gasteiger partial charge in [0.2, 0.25) is 0 Å². The highest BCUT2D eigenvalue weighted by Gasteiger charge is 2.27. The number of aromatic nitrogens is 2. The predicted molar refractivity (Wildman–Crippen MR) is 90.0 cm³/mol. The fourth-order valence-corrected chi connectivity index (χ4v) is 4.53. The Morgan fingerprint density at radius 3 is 3.14 bits per heavy atom. The number of nitrogens with one attached hydrogen (secondary N) is 1. The van der Waals surface area contributed by atoms with Crippen LogP contribution in [-0.2, 0) is 6.42 Å². The van der Waals surface area contributed by atoms with Gasteiger partial charge in [0, 0.05) is 29.1 Å². The van der Waals surface area contributed by atoms with Crippen LogP contribution in [-0.4, -0.2) is 27.6 Å². The molecule has 1 aromatic carbocycles. The summed E-state index contributed by atoms with van der Waals surface area (Å²) in [7, 11) is 0. The summed E-state index contributed by atoms with van der Waals surface area (Å²) in [4.78, 5) is 4.45. The number of para-hydroxylation sites is 1. The zero-order valence-electron chi connectivity index (χ0n) is 12.4. The summed E-state index contributed by atoms with van der Waals surface area (Å²) < 4.78 is 2.41. The van der Waals surface area contributed by atoms with E-state index in [4.69, 9.17) is 0 Å². The molecular weight excluding hydrogens is 278 g/mol. The zero-order chi connectivity index (χ0) is 14.2. The van der Waals surface area contributed by atoms with Crippen LogP contribution in [0.5, 0.6) is 0 Å². The first-order valence-electron chi connectivity index (χ1n) is 7.77. The van der Waals surface area contributed by atoms with Gasteiger partial charge < -0.3 is 9.88 Å². The number of imidazole rings is 1. The maximum absolute atomic E-state index is 4.45. The Hall–Kier alpha value is -1.42. The quantitative estimate of drug-likeness (QED) is 0.930. The summed E-state index contributed by atoms with van der Waals surface area (Å²) >= 11 is 2.01. The number of nitrogens with zero attached hydrogens (tertiary/aromatic N) is 2. The maximum atomic E-state index is 4.45. The molecule has 2 heterocycles. The lowest BCUT2D eigenvalue weighted by Gasteiger charge is -2.17. The van der Waals surface area contributed by atoms with Gasteiger partial charge in [-0.2, -0.15) is 11.8 Å². The lowest BCUT2D eigenvalue weighted by Crippen LogP contribution is -2.07. The molecule has 4 rings (SSSR count). The molecule has 2 unspecified atom stereocenters. The number of thioether (sulfide) groups is 1. The summed E-state index contributed by atoms with van der Waals surface area (Å²) in [6.45, 7) is 1.05. The molecule has 3 nitrogen and oxygen atoms in total. The second-order valence-electron chi connectivity index (χ2n) is 6.03. The molecule has 1 fully saturated rings. The van der Waals surface area contributed by atoms with Crippen molar-refractivity contribution in [2.24, 2.45) is 0 Å². The van der Waals surface area contributed by atoms with Crippen LogP contribution in [0.3, 0.4) is 0 Å². The van der Waals surface area contributed by atoms with Crippen molar-refractivity contribution in [2.45, 2.75) is 37.0 Å². The molecule has 0 amide bonds. The Morgan fingerprint density at radius 2 is 2.29 bits per heavy atom. The average Bonchev–Trinajstić information content (AvgIpc) is 3.25. The molecule has 21 heavy (non-hydrogen) atoms. The smallest absolute Gasteiger partial charge is 0.0953 e. The van der Waals surface area contributed by atoms with Gasteiger partial charge in [-0.25, -0.2) is 4.98 Å². The van der Waals surface area contributed by atoms with E-state index in [1.165, 1.54) is 41.8 Å². The van der Waals surface area contributed by atoms with Gasteiger partial charge in [-0.05, 0) is 37.5 Å². The van der Waals surface area contributed by atoms with Gasteiger partial charge in [0.1, 0.15) is 0 Å². The summed E-state index contributed by atoms with van der Waals surface area (Å²) in [6.07, 6.45) is 11.3. The molecule has 1 aromatic heterocycles. The molecule has 1 aliphatic carbocycles. The second-order valence-corrected chi connectivity index (χ2v) is 7.17. The van der Waals surface area contributed by atoms with Crippen molar-refractivity contribution in [1.82, 2.24) is 9.55 Å². The molecule has 2 aliphatic rings. The fourth-order valence-electron chi connectivity index (χ4n) is 3.74. The van der Waals surface area contributed by atoms with Crippen molar-refractivity contribution < 1.29 is 0 Å². The molecule has 4 heteroatoms. The predicted octanol–water partition coefficient (Wildman–Crippen LogP) is 3.97. The zero-order valence-corrected chi connectivity index (χ0v) is 13.2. The number of hydrogen-bond acceptors (Lipinski definition) is 3. The third-order valence-electron chi connectivity index (χ3n) is 4.87. The van der Waals surface area contributed by atoms with E-state index < -0.39 is 0 Å². The molecule has 1 saturated carbocycles. The van der Waals surface area contributed by atoms with Crippen molar-refractivity contribution in [2.75, 3.05) is 18.1 Å². The second kappa shape index (κ2) is 5.41. The Kier molecular flexibility index (Phi) is 3.42. The monoisotopic (exact) mass is 299 g/mol. The molecule has 2 atom stereocenters. The molecule has 0 saturated heterocycles. The largest absolute Gasteiger partial charge is 0.384 e. The van der Waals surface area contributed by atoms with Crippen molar-refractivity contribution in [3.63, 3.8) is 0 Å². The van der Waals surface area contributed by atoms with Gasteiger partial charge >= 0.3 is 0 Å². The Morgan fingerprint density at radius 1 is 1.33 bits per heavy atom. The van der Waals surface area contributed by atoms with Gasteiger partial charge in [-0.15, -0.1) is 0 Å². The van der Waals surface area contributed by atoms with Crippen LogP contribution in [0.4, 0.5) is 5.69 Å². The van der Waals surface area contributed by atoms with E-state index >= 15 is 0 Å². The molecule has 0 spiro atoms. The first-order valence-corrected chi connectivity index (χ1v) is 9.06. The fraction of sp³-hybridized carbons (Fsp3) is 0.471. The van der Waals surface area contributed by atoms with Crippen molar-refractivity contribution in [3.05, 3.63) is 36.3 Å². The third-order valence-corrected chi connectivity index (χ3v) is 5.97. The number of fused-ring (bicyclic) bond motifs is 1. The normalized spacial score (nSPS) is 24.0. The number of hydrogen-bond donors (Lipinski definition) is 1. The standard InChI is InChI=1S/C17H21N3S/c1-21-14-6-5-13(9-14)20-11-18-10-16(20)15-4-2-3-12-7-8-19-17(12)15/h2-4,10-11,13-14,19H,5-9H2,1H3. The van der Waals surface area contributed by atoms with Crippen LogP contribution in [0.2, 0.25) is 0 Å². The summed E-state index contributed by atoms with van der Waals surface area (Å²) in [5.74, 6) is 0.